The van der Waals surface area contributed by atoms with Crippen molar-refractivity contribution in [2.45, 2.75) is 59.2 Å². The molecule has 0 atom stereocenters. The van der Waals surface area contributed by atoms with Gasteiger partial charge in [-0.15, -0.1) is 11.5 Å². The Labute approximate surface area is 114 Å². The minimum absolute atomic E-state index is 0.176. The maximum atomic E-state index is 8.87. The average molecular weight is 264 g/mol. The van der Waals surface area contributed by atoms with Gasteiger partial charge in [-0.3, -0.25) is 0 Å². The molecule has 102 valence electrons. The number of allylic oxidation sites excluding steroid dienone is 3. The molecule has 0 rings (SSSR count). The molecule has 0 fully saturated rings. The van der Waals surface area contributed by atoms with Gasteiger partial charge in [-0.2, -0.15) is 0 Å². The predicted molar refractivity (Wildman–Crippen MR) is 84.2 cm³/mol. The summed E-state index contributed by atoms with van der Waals surface area (Å²) in [6, 6.07) is 0. The molecular weight excluding hydrogens is 236 g/mol. The Morgan fingerprint density at radius 1 is 1.06 bits per heavy atom. The second-order valence-electron chi connectivity index (χ2n) is 5.89. The lowest BCUT2D eigenvalue weighted by Crippen LogP contribution is -2.16. The predicted octanol–water partition coefficient (Wildman–Crippen LogP) is 4.31. The maximum absolute atomic E-state index is 8.87. The Morgan fingerprint density at radius 3 is 2.22 bits per heavy atom. The number of unbranched alkanes of at least 4 members (excludes halogenated alkanes) is 1. The average Bonchev–Trinajstić information content (AvgIpc) is 2.26. The van der Waals surface area contributed by atoms with E-state index in [1.165, 1.54) is 5.57 Å². The molecule has 0 aromatic carbocycles. The van der Waals surface area contributed by atoms with Crippen molar-refractivity contribution in [3.63, 3.8) is 0 Å². The number of aliphatic hydroxyl groups is 1. The van der Waals surface area contributed by atoms with Crippen LogP contribution in [0.15, 0.2) is 23.3 Å². The lowest BCUT2D eigenvalue weighted by atomic mass is 10.1. The highest BCUT2D eigenvalue weighted by molar-refractivity contribution is 6.83. The molecule has 0 spiro atoms. The highest BCUT2D eigenvalue weighted by atomic mass is 28.3. The minimum Gasteiger partial charge on any atom is -0.392 e. The van der Waals surface area contributed by atoms with Crippen molar-refractivity contribution >= 4 is 8.07 Å². The molecule has 0 radical (unpaired) electrons. The van der Waals surface area contributed by atoms with Crippen molar-refractivity contribution in [2.75, 3.05) is 6.61 Å². The van der Waals surface area contributed by atoms with Gasteiger partial charge >= 0.3 is 0 Å². The molecule has 0 aromatic rings. The van der Waals surface area contributed by atoms with E-state index >= 15 is 0 Å². The summed E-state index contributed by atoms with van der Waals surface area (Å²) < 4.78 is 0. The molecule has 0 saturated carbocycles. The molecule has 2 heteroatoms. The molecule has 18 heavy (non-hydrogen) atoms. The van der Waals surface area contributed by atoms with E-state index in [9.17, 15) is 0 Å². The summed E-state index contributed by atoms with van der Waals surface area (Å²) in [5.74, 6) is 3.29. The van der Waals surface area contributed by atoms with E-state index in [2.05, 4.69) is 50.2 Å². The number of hydrogen-bond donors (Lipinski definition) is 1. The fourth-order valence-corrected chi connectivity index (χ4v) is 2.09. The zero-order valence-corrected chi connectivity index (χ0v) is 13.6. The van der Waals surface area contributed by atoms with E-state index in [-0.39, 0.29) is 6.61 Å². The molecule has 0 aliphatic carbocycles. The van der Waals surface area contributed by atoms with Crippen molar-refractivity contribution in [3.05, 3.63) is 23.3 Å². The summed E-state index contributed by atoms with van der Waals surface area (Å²) in [7, 11) is -1.19. The first-order valence-corrected chi connectivity index (χ1v) is 10.3. The minimum atomic E-state index is -1.19. The fraction of sp³-hybridized carbons (Fsp3) is 0.625. The molecule has 1 nitrogen and oxygen atoms in total. The van der Waals surface area contributed by atoms with Crippen LogP contribution in [0.25, 0.3) is 0 Å². The third-order valence-electron chi connectivity index (χ3n) is 2.51. The molecule has 1 N–H and O–H groups in total. The highest BCUT2D eigenvalue weighted by Gasteiger charge is 2.06. The van der Waals surface area contributed by atoms with Gasteiger partial charge in [0.1, 0.15) is 8.07 Å². The van der Waals surface area contributed by atoms with E-state index in [1.807, 2.05) is 6.92 Å². The number of hydrogen-bond acceptors (Lipinski definition) is 1. The quantitative estimate of drug-likeness (QED) is 0.328. The van der Waals surface area contributed by atoms with Crippen molar-refractivity contribution < 1.29 is 5.11 Å². The zero-order valence-electron chi connectivity index (χ0n) is 12.6. The van der Waals surface area contributed by atoms with Crippen molar-refractivity contribution in [1.82, 2.24) is 0 Å². The molecule has 0 bridgehead atoms. The van der Waals surface area contributed by atoms with E-state index in [0.717, 1.165) is 31.3 Å². The third-order valence-corrected chi connectivity index (χ3v) is 3.43. The number of aliphatic hydroxyl groups excluding tert-OH is 1. The third kappa shape index (κ3) is 11.7. The monoisotopic (exact) mass is 264 g/mol. The van der Waals surface area contributed by atoms with Crippen molar-refractivity contribution in [3.8, 4) is 11.5 Å². The zero-order chi connectivity index (χ0) is 14.0. The summed E-state index contributed by atoms with van der Waals surface area (Å²) >= 11 is 0. The van der Waals surface area contributed by atoms with Crippen LogP contribution in [-0.4, -0.2) is 19.8 Å². The van der Waals surface area contributed by atoms with E-state index < -0.39 is 8.07 Å². The normalized spacial score (nSPS) is 13.2. The van der Waals surface area contributed by atoms with Gasteiger partial charge < -0.3 is 5.11 Å². The fourth-order valence-electron chi connectivity index (χ4n) is 1.43. The van der Waals surface area contributed by atoms with Gasteiger partial charge in [-0.05, 0) is 33.1 Å². The largest absolute Gasteiger partial charge is 0.392 e. The van der Waals surface area contributed by atoms with Crippen LogP contribution in [0.4, 0.5) is 0 Å². The molecule has 0 amide bonds. The first-order valence-electron chi connectivity index (χ1n) is 6.77. The molecule has 0 aliphatic heterocycles. The summed E-state index contributed by atoms with van der Waals surface area (Å²) in [6.45, 7) is 11.1. The Kier molecular flexibility index (Phi) is 8.79. The smallest absolute Gasteiger partial charge is 0.129 e. The van der Waals surface area contributed by atoms with E-state index in [0.29, 0.717) is 0 Å². The molecule has 0 aliphatic rings. The van der Waals surface area contributed by atoms with Crippen LogP contribution in [0.5, 0.6) is 0 Å². The Morgan fingerprint density at radius 2 is 1.67 bits per heavy atom. The first kappa shape index (κ1) is 17.2. The second-order valence-corrected chi connectivity index (χ2v) is 10.6. The Bertz CT molecular complexity index is 348. The standard InChI is InChI=1S/C16H28OSi/c1-15(11-9-12-16(2)14-17)10-7-6-8-13-18(3,4)5/h10,12,17H,6-7,9,11,14H2,1-5H3/b15-10+,16-12+. The van der Waals surface area contributed by atoms with Gasteiger partial charge in [0.15, 0.2) is 0 Å². The van der Waals surface area contributed by atoms with Crippen LogP contribution in [0.1, 0.15) is 39.5 Å². The van der Waals surface area contributed by atoms with Crippen LogP contribution in [-0.2, 0) is 0 Å². The lowest BCUT2D eigenvalue weighted by Gasteiger charge is -2.03. The highest BCUT2D eigenvalue weighted by Crippen LogP contribution is 2.08. The van der Waals surface area contributed by atoms with Crippen LogP contribution >= 0.6 is 0 Å². The molecule has 0 heterocycles. The number of rotatable bonds is 6. The lowest BCUT2D eigenvalue weighted by molar-refractivity contribution is 0.331. The van der Waals surface area contributed by atoms with E-state index in [1.54, 1.807) is 0 Å². The Hall–Kier alpha value is -0.783. The summed E-state index contributed by atoms with van der Waals surface area (Å²) in [5.41, 5.74) is 5.87. The van der Waals surface area contributed by atoms with Gasteiger partial charge in [-0.25, -0.2) is 0 Å². The molecule has 0 unspecified atom stereocenters. The molecule has 0 aromatic heterocycles. The van der Waals surface area contributed by atoms with Gasteiger partial charge in [0.2, 0.25) is 0 Å². The van der Waals surface area contributed by atoms with Gasteiger partial charge in [-0.1, -0.05) is 42.9 Å². The van der Waals surface area contributed by atoms with E-state index in [4.69, 9.17) is 5.11 Å². The van der Waals surface area contributed by atoms with Gasteiger partial charge in [0.05, 0.1) is 6.61 Å². The molecular formula is C16H28OSi. The van der Waals surface area contributed by atoms with Crippen molar-refractivity contribution in [1.29, 1.82) is 0 Å². The Balaban J connectivity index is 3.88. The van der Waals surface area contributed by atoms with Gasteiger partial charge in [0.25, 0.3) is 0 Å². The second kappa shape index (κ2) is 9.19. The maximum Gasteiger partial charge on any atom is 0.129 e. The van der Waals surface area contributed by atoms with Gasteiger partial charge in [0, 0.05) is 6.42 Å². The SMILES string of the molecule is C/C(=C\CC/C(C)=C/CCC#C[Si](C)(C)C)CO. The summed E-state index contributed by atoms with van der Waals surface area (Å²) in [6.07, 6.45) is 8.55. The summed E-state index contributed by atoms with van der Waals surface area (Å²) in [5, 5.41) is 8.87. The van der Waals surface area contributed by atoms with Crippen LogP contribution in [0.2, 0.25) is 19.6 Å². The summed E-state index contributed by atoms with van der Waals surface area (Å²) in [4.78, 5) is 0. The van der Waals surface area contributed by atoms with Crippen molar-refractivity contribution in [2.24, 2.45) is 0 Å². The molecule has 0 saturated heterocycles. The first-order chi connectivity index (χ1) is 8.35. The van der Waals surface area contributed by atoms with Crippen LogP contribution in [0, 0.1) is 11.5 Å². The topological polar surface area (TPSA) is 20.2 Å². The van der Waals surface area contributed by atoms with Crippen LogP contribution in [0.3, 0.4) is 0 Å². The van der Waals surface area contributed by atoms with Crippen LogP contribution < -0.4 is 0 Å².